The number of hydrogen-bond acceptors (Lipinski definition) is 3. The number of carbonyl (C=O) groups is 1. The molecule has 1 aromatic carbocycles. The molecular formula is C12H16ClNO3S. The Morgan fingerprint density at radius 3 is 2.28 bits per heavy atom. The van der Waals surface area contributed by atoms with Gasteiger partial charge in [-0.2, -0.15) is 0 Å². The summed E-state index contributed by atoms with van der Waals surface area (Å²) >= 11 is 0. The molecule has 18 heavy (non-hydrogen) atoms. The fourth-order valence-corrected chi connectivity index (χ4v) is 2.12. The molecule has 1 amide bonds. The molecule has 0 saturated heterocycles. The van der Waals surface area contributed by atoms with E-state index in [-0.39, 0.29) is 10.8 Å². The first-order valence-corrected chi connectivity index (χ1v) is 7.94. The van der Waals surface area contributed by atoms with Crippen LogP contribution in [0, 0.1) is 5.92 Å². The molecule has 0 aliphatic rings. The van der Waals surface area contributed by atoms with Crippen molar-refractivity contribution in [2.75, 3.05) is 6.54 Å². The molecule has 0 aromatic heterocycles. The van der Waals surface area contributed by atoms with Crippen molar-refractivity contribution in [1.29, 1.82) is 0 Å². The van der Waals surface area contributed by atoms with Crippen LogP contribution in [0.5, 0.6) is 0 Å². The van der Waals surface area contributed by atoms with Gasteiger partial charge in [-0.25, -0.2) is 8.42 Å². The molecule has 0 saturated carbocycles. The molecule has 100 valence electrons. The second-order valence-corrected chi connectivity index (χ2v) is 6.97. The first-order valence-electron chi connectivity index (χ1n) is 5.63. The van der Waals surface area contributed by atoms with E-state index in [9.17, 15) is 13.2 Å². The second kappa shape index (κ2) is 6.20. The van der Waals surface area contributed by atoms with Crippen molar-refractivity contribution < 1.29 is 13.2 Å². The van der Waals surface area contributed by atoms with Gasteiger partial charge in [0.1, 0.15) is 0 Å². The van der Waals surface area contributed by atoms with E-state index in [1.807, 2.05) is 0 Å². The van der Waals surface area contributed by atoms with Crippen molar-refractivity contribution in [3.63, 3.8) is 0 Å². The van der Waals surface area contributed by atoms with Gasteiger partial charge < -0.3 is 5.32 Å². The lowest BCUT2D eigenvalue weighted by Gasteiger charge is -2.07. The summed E-state index contributed by atoms with van der Waals surface area (Å²) in [6.45, 7) is 4.75. The van der Waals surface area contributed by atoms with Gasteiger partial charge in [-0.15, -0.1) is 0 Å². The zero-order valence-electron chi connectivity index (χ0n) is 10.3. The van der Waals surface area contributed by atoms with Gasteiger partial charge in [-0.3, -0.25) is 4.79 Å². The molecule has 0 atom stereocenters. The number of rotatable bonds is 5. The van der Waals surface area contributed by atoms with Crippen LogP contribution in [0.25, 0.3) is 0 Å². The van der Waals surface area contributed by atoms with Crippen molar-refractivity contribution in [2.24, 2.45) is 5.92 Å². The average molecular weight is 290 g/mol. The molecule has 0 bridgehead atoms. The Kier molecular flexibility index (Phi) is 5.16. The molecule has 0 fully saturated rings. The van der Waals surface area contributed by atoms with Crippen molar-refractivity contribution in [3.8, 4) is 0 Å². The Morgan fingerprint density at radius 2 is 1.83 bits per heavy atom. The Balaban J connectivity index is 2.65. The number of halogens is 1. The maximum Gasteiger partial charge on any atom is 0.261 e. The molecule has 4 nitrogen and oxygen atoms in total. The monoisotopic (exact) mass is 289 g/mol. The normalized spacial score (nSPS) is 11.6. The quantitative estimate of drug-likeness (QED) is 0.847. The first kappa shape index (κ1) is 15.0. The van der Waals surface area contributed by atoms with Crippen molar-refractivity contribution in [3.05, 3.63) is 29.8 Å². The number of amides is 1. The van der Waals surface area contributed by atoms with Gasteiger partial charge >= 0.3 is 0 Å². The van der Waals surface area contributed by atoms with E-state index in [0.29, 0.717) is 18.0 Å². The molecule has 6 heteroatoms. The number of hydrogen-bond donors (Lipinski definition) is 1. The fraction of sp³-hybridized carbons (Fsp3) is 0.417. The molecule has 0 heterocycles. The van der Waals surface area contributed by atoms with E-state index in [4.69, 9.17) is 10.7 Å². The van der Waals surface area contributed by atoms with Crippen LogP contribution < -0.4 is 5.32 Å². The lowest BCUT2D eigenvalue weighted by Crippen LogP contribution is -2.25. The van der Waals surface area contributed by atoms with E-state index < -0.39 is 9.05 Å². The molecule has 0 unspecified atom stereocenters. The van der Waals surface area contributed by atoms with Crippen molar-refractivity contribution in [2.45, 2.75) is 25.2 Å². The minimum absolute atomic E-state index is 0.0112. The van der Waals surface area contributed by atoms with Gasteiger partial charge in [0.25, 0.3) is 15.0 Å². The fourth-order valence-electron chi connectivity index (χ4n) is 1.35. The molecule has 1 rings (SSSR count). The summed E-state index contributed by atoms with van der Waals surface area (Å²) in [5, 5.41) is 2.77. The summed E-state index contributed by atoms with van der Waals surface area (Å²) < 4.78 is 22.1. The van der Waals surface area contributed by atoms with Crippen LogP contribution in [0.15, 0.2) is 29.2 Å². The molecule has 0 spiro atoms. The van der Waals surface area contributed by atoms with Gasteiger partial charge in [0.05, 0.1) is 4.90 Å². The molecule has 0 radical (unpaired) electrons. The summed E-state index contributed by atoms with van der Waals surface area (Å²) in [5.74, 6) is 0.309. The predicted octanol–water partition coefficient (Wildman–Crippen LogP) is 2.39. The van der Waals surface area contributed by atoms with E-state index in [1.54, 1.807) is 0 Å². The topological polar surface area (TPSA) is 63.2 Å². The summed E-state index contributed by atoms with van der Waals surface area (Å²) in [7, 11) is 1.45. The largest absolute Gasteiger partial charge is 0.352 e. The van der Waals surface area contributed by atoms with Crippen molar-refractivity contribution >= 4 is 25.6 Å². The zero-order chi connectivity index (χ0) is 13.8. The lowest BCUT2D eigenvalue weighted by molar-refractivity contribution is 0.0952. The highest BCUT2D eigenvalue weighted by Gasteiger charge is 2.11. The van der Waals surface area contributed by atoms with Gasteiger partial charge in [0, 0.05) is 22.8 Å². The summed E-state index contributed by atoms with van der Waals surface area (Å²) in [6, 6.07) is 5.53. The van der Waals surface area contributed by atoms with Gasteiger partial charge in [-0.1, -0.05) is 13.8 Å². The van der Waals surface area contributed by atoms with Crippen LogP contribution in [0.3, 0.4) is 0 Å². The summed E-state index contributed by atoms with van der Waals surface area (Å²) in [5.41, 5.74) is 0.419. The molecule has 1 aromatic rings. The Bertz CT molecular complexity index is 509. The maximum absolute atomic E-state index is 11.7. The Labute approximate surface area is 112 Å². The SMILES string of the molecule is CC(C)CCNC(=O)c1ccc(S(=O)(=O)Cl)cc1. The van der Waals surface area contributed by atoms with Crippen LogP contribution >= 0.6 is 10.7 Å². The summed E-state index contributed by atoms with van der Waals surface area (Å²) in [6.07, 6.45) is 0.903. The highest BCUT2D eigenvalue weighted by molar-refractivity contribution is 8.13. The highest BCUT2D eigenvalue weighted by atomic mass is 35.7. The van der Waals surface area contributed by atoms with Crippen molar-refractivity contribution in [1.82, 2.24) is 5.32 Å². The third kappa shape index (κ3) is 4.66. The van der Waals surface area contributed by atoms with Gasteiger partial charge in [-0.05, 0) is 36.6 Å². The van der Waals surface area contributed by atoms with E-state index in [2.05, 4.69) is 19.2 Å². The Hall–Kier alpha value is -1.07. The Morgan fingerprint density at radius 1 is 1.28 bits per heavy atom. The van der Waals surface area contributed by atoms with Crippen LogP contribution in [0.4, 0.5) is 0 Å². The minimum atomic E-state index is -3.73. The van der Waals surface area contributed by atoms with Crippen LogP contribution in [0.2, 0.25) is 0 Å². The van der Waals surface area contributed by atoms with Crippen LogP contribution in [-0.4, -0.2) is 20.9 Å². The van der Waals surface area contributed by atoms with E-state index in [0.717, 1.165) is 6.42 Å². The van der Waals surface area contributed by atoms with E-state index in [1.165, 1.54) is 24.3 Å². The zero-order valence-corrected chi connectivity index (χ0v) is 11.9. The molecule has 0 aliphatic carbocycles. The maximum atomic E-state index is 11.7. The third-order valence-corrected chi connectivity index (χ3v) is 3.78. The summed E-state index contributed by atoms with van der Waals surface area (Å²) in [4.78, 5) is 11.7. The smallest absolute Gasteiger partial charge is 0.261 e. The van der Waals surface area contributed by atoms with E-state index >= 15 is 0 Å². The predicted molar refractivity (Wildman–Crippen MR) is 71.3 cm³/mol. The standard InChI is InChI=1S/C12H16ClNO3S/c1-9(2)7-8-14-12(15)10-3-5-11(6-4-10)18(13,16)17/h3-6,9H,7-8H2,1-2H3,(H,14,15). The number of carbonyl (C=O) groups excluding carboxylic acids is 1. The van der Waals surface area contributed by atoms with Gasteiger partial charge in [0.15, 0.2) is 0 Å². The highest BCUT2D eigenvalue weighted by Crippen LogP contribution is 2.15. The van der Waals surface area contributed by atoms with Crippen LogP contribution in [-0.2, 0) is 9.05 Å². The molecule has 1 N–H and O–H groups in total. The van der Waals surface area contributed by atoms with Gasteiger partial charge in [0.2, 0.25) is 0 Å². The molecule has 0 aliphatic heterocycles. The van der Waals surface area contributed by atoms with Crippen LogP contribution in [0.1, 0.15) is 30.6 Å². The number of nitrogens with one attached hydrogen (secondary N) is 1. The second-order valence-electron chi connectivity index (χ2n) is 4.40. The first-order chi connectivity index (χ1) is 8.30. The lowest BCUT2D eigenvalue weighted by atomic mass is 10.1. The number of benzene rings is 1. The average Bonchev–Trinajstić information content (AvgIpc) is 2.27. The molecular weight excluding hydrogens is 274 g/mol. The third-order valence-electron chi connectivity index (χ3n) is 2.41. The minimum Gasteiger partial charge on any atom is -0.352 e.